The molecule has 0 N–H and O–H groups in total. The van der Waals surface area contributed by atoms with E-state index in [0.717, 1.165) is 12.1 Å². The molecule has 0 aliphatic heterocycles. The van der Waals surface area contributed by atoms with Gasteiger partial charge < -0.3 is 4.57 Å². The van der Waals surface area contributed by atoms with E-state index >= 15 is 0 Å². The van der Waals surface area contributed by atoms with Crippen molar-refractivity contribution in [3.63, 3.8) is 0 Å². The van der Waals surface area contributed by atoms with Crippen LogP contribution < -0.4 is 0 Å². The first kappa shape index (κ1) is 19.5. The molecule has 0 atom stereocenters. The van der Waals surface area contributed by atoms with Crippen LogP contribution in [0.1, 0.15) is 43.2 Å². The summed E-state index contributed by atoms with van der Waals surface area (Å²) in [5.41, 5.74) is 0.269. The van der Waals surface area contributed by atoms with Crippen LogP contribution in [0.3, 0.4) is 0 Å². The third-order valence-corrected chi connectivity index (χ3v) is 4.41. The predicted molar refractivity (Wildman–Crippen MR) is 102 cm³/mol. The molecule has 2 nitrogen and oxygen atoms in total. The van der Waals surface area contributed by atoms with Gasteiger partial charge in [0.25, 0.3) is 0 Å². The number of alkyl halides is 3. The zero-order chi connectivity index (χ0) is 20.0. The van der Waals surface area contributed by atoms with Crippen LogP contribution in [0.5, 0.6) is 0 Å². The summed E-state index contributed by atoms with van der Waals surface area (Å²) in [4.78, 5) is 12.9. The summed E-state index contributed by atoms with van der Waals surface area (Å²) in [5.74, 6) is -0.132. The van der Waals surface area contributed by atoms with E-state index in [1.54, 1.807) is 34.9 Å². The lowest BCUT2D eigenvalue weighted by atomic mass is 9.89. The van der Waals surface area contributed by atoms with Crippen LogP contribution in [-0.4, -0.2) is 10.4 Å². The second kappa shape index (κ2) is 6.71. The summed E-state index contributed by atoms with van der Waals surface area (Å²) >= 11 is 6.05. The molecule has 1 aromatic heterocycles. The molecular weight excluding hydrogens is 375 g/mol. The summed E-state index contributed by atoms with van der Waals surface area (Å²) in [6.45, 7) is 5.83. The number of rotatable bonds is 3. The monoisotopic (exact) mass is 393 g/mol. The number of nitrogens with zero attached hydrogens (tertiary/aromatic N) is 1. The Labute approximate surface area is 160 Å². The Balaban J connectivity index is 2.24. The van der Waals surface area contributed by atoms with Crippen molar-refractivity contribution in [1.29, 1.82) is 0 Å². The number of hydrogen-bond acceptors (Lipinski definition) is 1. The van der Waals surface area contributed by atoms with Crippen LogP contribution in [0, 0.1) is 5.41 Å². The van der Waals surface area contributed by atoms with Crippen LogP contribution in [-0.2, 0) is 6.18 Å². The van der Waals surface area contributed by atoms with Gasteiger partial charge in [0.15, 0.2) is 5.78 Å². The zero-order valence-electron chi connectivity index (χ0n) is 15.2. The molecule has 0 unspecified atom stereocenters. The highest BCUT2D eigenvalue weighted by Gasteiger charge is 2.31. The van der Waals surface area contributed by atoms with Gasteiger partial charge in [-0.15, -0.1) is 0 Å². The molecule has 2 aromatic carbocycles. The smallest absolute Gasteiger partial charge is 0.307 e. The summed E-state index contributed by atoms with van der Waals surface area (Å²) in [6, 6.07) is 11.8. The number of carbonyl (C=O) groups is 1. The van der Waals surface area contributed by atoms with Gasteiger partial charge in [0.2, 0.25) is 0 Å². The second-order valence-corrected chi connectivity index (χ2v) is 8.21. The Morgan fingerprint density at radius 2 is 1.74 bits per heavy atom. The Hall–Kier alpha value is -2.27. The minimum Gasteiger partial charge on any atom is -0.307 e. The maximum atomic E-state index is 13.2. The predicted octanol–water partition coefficient (Wildman–Crippen LogP) is 6.92. The normalized spacial score (nSPS) is 12.6. The molecule has 1 heterocycles. The highest BCUT2D eigenvalue weighted by Crippen LogP contribution is 2.34. The van der Waals surface area contributed by atoms with E-state index in [1.165, 1.54) is 6.07 Å². The molecule has 0 bridgehead atoms. The van der Waals surface area contributed by atoms with Crippen LogP contribution in [0.15, 0.2) is 48.5 Å². The highest BCUT2D eigenvalue weighted by molar-refractivity contribution is 6.31. The molecule has 0 fully saturated rings. The van der Waals surface area contributed by atoms with Crippen molar-refractivity contribution in [3.05, 3.63) is 64.8 Å². The van der Waals surface area contributed by atoms with Crippen molar-refractivity contribution < 1.29 is 18.0 Å². The van der Waals surface area contributed by atoms with Crippen LogP contribution >= 0.6 is 11.6 Å². The van der Waals surface area contributed by atoms with E-state index in [0.29, 0.717) is 27.3 Å². The Morgan fingerprint density at radius 3 is 2.37 bits per heavy atom. The third-order valence-electron chi connectivity index (χ3n) is 4.17. The van der Waals surface area contributed by atoms with Crippen LogP contribution in [0.2, 0.25) is 5.02 Å². The third kappa shape index (κ3) is 4.19. The summed E-state index contributed by atoms with van der Waals surface area (Å²) in [6.07, 6.45) is -4.19. The van der Waals surface area contributed by atoms with Crippen molar-refractivity contribution in [1.82, 2.24) is 4.57 Å². The van der Waals surface area contributed by atoms with Crippen molar-refractivity contribution >= 4 is 28.3 Å². The van der Waals surface area contributed by atoms with Gasteiger partial charge in [-0.25, -0.2) is 0 Å². The SMILES string of the molecule is CC(C)(C)CC(=O)c1cc2cc(Cl)ccc2n1-c1cccc(C(F)(F)F)c1. The Morgan fingerprint density at radius 1 is 1.04 bits per heavy atom. The summed E-state index contributed by atoms with van der Waals surface area (Å²) < 4.78 is 41.1. The molecule has 6 heteroatoms. The molecule has 0 saturated heterocycles. The lowest BCUT2D eigenvalue weighted by Gasteiger charge is -2.18. The molecule has 3 rings (SSSR count). The number of hydrogen-bond donors (Lipinski definition) is 0. The highest BCUT2D eigenvalue weighted by atomic mass is 35.5. The maximum absolute atomic E-state index is 13.2. The first-order valence-electron chi connectivity index (χ1n) is 8.47. The molecule has 3 aromatic rings. The average molecular weight is 394 g/mol. The number of fused-ring (bicyclic) bond motifs is 1. The van der Waals surface area contributed by atoms with Crippen molar-refractivity contribution in [2.24, 2.45) is 5.41 Å². The Bertz CT molecular complexity index is 1010. The summed E-state index contributed by atoms with van der Waals surface area (Å²) in [5, 5.41) is 1.20. The van der Waals surface area contributed by atoms with Gasteiger partial charge in [0.1, 0.15) is 0 Å². The molecular formula is C21H19ClF3NO. The van der Waals surface area contributed by atoms with Gasteiger partial charge in [0.05, 0.1) is 16.8 Å². The van der Waals surface area contributed by atoms with Crippen molar-refractivity contribution in [2.45, 2.75) is 33.4 Å². The van der Waals surface area contributed by atoms with E-state index in [2.05, 4.69) is 0 Å². The summed E-state index contributed by atoms with van der Waals surface area (Å²) in [7, 11) is 0. The minimum atomic E-state index is -4.46. The lowest BCUT2D eigenvalue weighted by Crippen LogP contribution is -2.16. The number of benzene rings is 2. The van der Waals surface area contributed by atoms with E-state index in [4.69, 9.17) is 11.6 Å². The second-order valence-electron chi connectivity index (χ2n) is 7.78. The van der Waals surface area contributed by atoms with Gasteiger partial charge in [-0.05, 0) is 47.9 Å². The van der Waals surface area contributed by atoms with Gasteiger partial charge in [0, 0.05) is 22.5 Å². The van der Waals surface area contributed by atoms with Crippen LogP contribution in [0.25, 0.3) is 16.6 Å². The number of aromatic nitrogens is 1. The van der Waals surface area contributed by atoms with Gasteiger partial charge in [-0.3, -0.25) is 4.79 Å². The fourth-order valence-electron chi connectivity index (χ4n) is 3.06. The number of ketones is 1. The molecule has 0 amide bonds. The molecule has 0 aliphatic rings. The fraction of sp³-hybridized carbons (Fsp3) is 0.286. The molecule has 27 heavy (non-hydrogen) atoms. The molecule has 142 valence electrons. The van der Waals surface area contributed by atoms with Gasteiger partial charge in [-0.1, -0.05) is 38.4 Å². The number of Topliss-reactive ketones (excluding diaryl/α,β-unsaturated/α-hetero) is 1. The van der Waals surface area contributed by atoms with Crippen molar-refractivity contribution in [3.8, 4) is 5.69 Å². The van der Waals surface area contributed by atoms with E-state index in [1.807, 2.05) is 20.8 Å². The van der Waals surface area contributed by atoms with E-state index < -0.39 is 11.7 Å². The molecule has 0 saturated carbocycles. The number of carbonyl (C=O) groups excluding carboxylic acids is 1. The lowest BCUT2D eigenvalue weighted by molar-refractivity contribution is -0.137. The fourth-order valence-corrected chi connectivity index (χ4v) is 3.24. The standard InChI is InChI=1S/C21H19ClF3NO/c1-20(2,3)12-19(27)18-10-13-9-15(22)7-8-17(13)26(18)16-6-4-5-14(11-16)21(23,24)25/h4-11H,12H2,1-3H3. The topological polar surface area (TPSA) is 22.0 Å². The van der Waals surface area contributed by atoms with E-state index in [9.17, 15) is 18.0 Å². The maximum Gasteiger partial charge on any atom is 0.416 e. The molecule has 0 spiro atoms. The Kier molecular flexibility index (Phi) is 4.85. The quantitative estimate of drug-likeness (QED) is 0.442. The van der Waals surface area contributed by atoms with Gasteiger partial charge >= 0.3 is 6.18 Å². The first-order valence-corrected chi connectivity index (χ1v) is 8.85. The number of halogens is 4. The molecule has 0 aliphatic carbocycles. The van der Waals surface area contributed by atoms with Crippen LogP contribution in [0.4, 0.5) is 13.2 Å². The minimum absolute atomic E-state index is 0.132. The largest absolute Gasteiger partial charge is 0.416 e. The van der Waals surface area contributed by atoms with E-state index in [-0.39, 0.29) is 17.6 Å². The average Bonchev–Trinajstić information content (AvgIpc) is 2.91. The first-order chi connectivity index (χ1) is 12.5. The van der Waals surface area contributed by atoms with Gasteiger partial charge in [-0.2, -0.15) is 13.2 Å². The molecule has 0 radical (unpaired) electrons. The van der Waals surface area contributed by atoms with Crippen molar-refractivity contribution in [2.75, 3.05) is 0 Å². The zero-order valence-corrected chi connectivity index (χ0v) is 15.9.